The van der Waals surface area contributed by atoms with Gasteiger partial charge in [0, 0.05) is 11.8 Å². The monoisotopic (exact) mass is 345 g/mol. The molecule has 0 radical (unpaired) electrons. The van der Waals surface area contributed by atoms with E-state index in [4.69, 9.17) is 21.1 Å². The molecule has 0 spiro atoms. The van der Waals surface area contributed by atoms with Gasteiger partial charge in [0.05, 0.1) is 13.7 Å². The van der Waals surface area contributed by atoms with Crippen LogP contribution >= 0.6 is 11.6 Å². The van der Waals surface area contributed by atoms with Crippen molar-refractivity contribution in [3.8, 4) is 11.5 Å². The van der Waals surface area contributed by atoms with Gasteiger partial charge in [-0.15, -0.1) is 10.2 Å². The van der Waals surface area contributed by atoms with Crippen LogP contribution in [0.4, 0.5) is 0 Å². The standard InChI is InChI=1S/C16H16ClN5O2/c1-23-15-6-12(8-21-22-10-19-20-11-22)2-4-14(15)24-9-13-3-5-16(17)18-7-13/h2-7,10-11,21H,8-9H2,1H3. The van der Waals surface area contributed by atoms with Gasteiger partial charge in [0.25, 0.3) is 0 Å². The topological polar surface area (TPSA) is 74.1 Å². The van der Waals surface area contributed by atoms with Gasteiger partial charge in [0.1, 0.15) is 24.4 Å². The first kappa shape index (κ1) is 16.1. The minimum atomic E-state index is 0.388. The van der Waals surface area contributed by atoms with Crippen LogP contribution in [0.25, 0.3) is 0 Å². The predicted octanol–water partition coefficient (Wildman–Crippen LogP) is 2.66. The molecular formula is C16H16ClN5O2. The van der Waals surface area contributed by atoms with Crippen LogP contribution < -0.4 is 14.9 Å². The number of benzene rings is 1. The van der Waals surface area contributed by atoms with Gasteiger partial charge in [-0.2, -0.15) is 0 Å². The molecule has 8 heteroatoms. The van der Waals surface area contributed by atoms with Gasteiger partial charge >= 0.3 is 0 Å². The predicted molar refractivity (Wildman–Crippen MR) is 89.7 cm³/mol. The summed E-state index contributed by atoms with van der Waals surface area (Å²) in [4.78, 5) is 4.03. The molecule has 7 nitrogen and oxygen atoms in total. The summed E-state index contributed by atoms with van der Waals surface area (Å²) in [5.74, 6) is 1.33. The van der Waals surface area contributed by atoms with Crippen LogP contribution in [-0.2, 0) is 13.2 Å². The van der Waals surface area contributed by atoms with E-state index in [9.17, 15) is 0 Å². The Labute approximate surface area is 144 Å². The molecule has 0 atom stereocenters. The van der Waals surface area contributed by atoms with Crippen molar-refractivity contribution in [3.63, 3.8) is 0 Å². The third kappa shape index (κ3) is 4.14. The Morgan fingerprint density at radius 3 is 2.58 bits per heavy atom. The minimum absolute atomic E-state index is 0.388. The average Bonchev–Trinajstić information content (AvgIpc) is 3.13. The molecule has 0 aliphatic heterocycles. The molecule has 3 rings (SSSR count). The molecule has 0 aliphatic carbocycles. The van der Waals surface area contributed by atoms with Crippen molar-refractivity contribution in [3.05, 3.63) is 65.5 Å². The second-order valence-electron chi connectivity index (χ2n) is 4.97. The minimum Gasteiger partial charge on any atom is -0.493 e. The van der Waals surface area contributed by atoms with Crippen molar-refractivity contribution in [2.45, 2.75) is 13.2 Å². The molecule has 0 aliphatic rings. The van der Waals surface area contributed by atoms with Crippen LogP contribution in [0.3, 0.4) is 0 Å². The van der Waals surface area contributed by atoms with Crippen molar-refractivity contribution < 1.29 is 9.47 Å². The Balaban J connectivity index is 1.63. The molecule has 0 saturated heterocycles. The second kappa shape index (κ2) is 7.65. The Morgan fingerprint density at radius 1 is 1.08 bits per heavy atom. The fraction of sp³-hybridized carbons (Fsp3) is 0.188. The van der Waals surface area contributed by atoms with E-state index in [0.29, 0.717) is 29.8 Å². The van der Waals surface area contributed by atoms with E-state index in [0.717, 1.165) is 11.1 Å². The lowest BCUT2D eigenvalue weighted by Crippen LogP contribution is -2.12. The fourth-order valence-electron chi connectivity index (χ4n) is 2.06. The van der Waals surface area contributed by atoms with Crippen LogP contribution in [-0.4, -0.2) is 27.0 Å². The molecule has 3 aromatic rings. The Kier molecular flexibility index (Phi) is 5.12. The van der Waals surface area contributed by atoms with Gasteiger partial charge in [-0.25, -0.2) is 9.66 Å². The van der Waals surface area contributed by atoms with E-state index >= 15 is 0 Å². The number of nitrogens with one attached hydrogen (secondary N) is 1. The number of hydrogen-bond acceptors (Lipinski definition) is 6. The number of hydrogen-bond donors (Lipinski definition) is 1. The third-order valence-corrected chi connectivity index (χ3v) is 3.52. The van der Waals surface area contributed by atoms with Gasteiger partial charge in [0.2, 0.25) is 0 Å². The third-order valence-electron chi connectivity index (χ3n) is 3.30. The molecule has 0 fully saturated rings. The highest BCUT2D eigenvalue weighted by Gasteiger charge is 2.07. The SMILES string of the molecule is COc1cc(CNn2cnnc2)ccc1OCc1ccc(Cl)nc1. The van der Waals surface area contributed by atoms with Crippen LogP contribution in [0.1, 0.15) is 11.1 Å². The Morgan fingerprint density at radius 2 is 1.88 bits per heavy atom. The van der Waals surface area contributed by atoms with Crippen LogP contribution in [0, 0.1) is 0 Å². The van der Waals surface area contributed by atoms with E-state index in [-0.39, 0.29) is 0 Å². The normalized spacial score (nSPS) is 10.4. The van der Waals surface area contributed by atoms with E-state index in [1.165, 1.54) is 0 Å². The lowest BCUT2D eigenvalue weighted by atomic mass is 10.2. The first-order valence-electron chi connectivity index (χ1n) is 7.23. The van der Waals surface area contributed by atoms with Gasteiger partial charge in [-0.3, -0.25) is 0 Å². The summed E-state index contributed by atoms with van der Waals surface area (Å²) in [6, 6.07) is 9.38. The van der Waals surface area contributed by atoms with Crippen molar-refractivity contribution in [1.82, 2.24) is 19.9 Å². The molecule has 124 valence electrons. The van der Waals surface area contributed by atoms with Gasteiger partial charge in [0.15, 0.2) is 11.5 Å². The van der Waals surface area contributed by atoms with Crippen LogP contribution in [0.2, 0.25) is 5.15 Å². The summed E-state index contributed by atoms with van der Waals surface area (Å²) >= 11 is 5.77. The number of rotatable bonds is 7. The summed E-state index contributed by atoms with van der Waals surface area (Å²) in [5, 5.41) is 7.93. The zero-order valence-electron chi connectivity index (χ0n) is 13.0. The molecular weight excluding hydrogens is 330 g/mol. The Bertz CT molecular complexity index is 778. The number of pyridine rings is 1. The summed E-state index contributed by atoms with van der Waals surface area (Å²) in [7, 11) is 1.61. The highest BCUT2D eigenvalue weighted by Crippen LogP contribution is 2.29. The summed E-state index contributed by atoms with van der Waals surface area (Å²) in [6.45, 7) is 0.995. The zero-order valence-corrected chi connectivity index (χ0v) is 13.8. The van der Waals surface area contributed by atoms with E-state index in [2.05, 4.69) is 20.6 Å². The fourth-order valence-corrected chi connectivity index (χ4v) is 2.17. The lowest BCUT2D eigenvalue weighted by Gasteiger charge is -2.13. The summed E-state index contributed by atoms with van der Waals surface area (Å²) in [6.07, 6.45) is 4.87. The van der Waals surface area contributed by atoms with E-state index < -0.39 is 0 Å². The summed E-state index contributed by atoms with van der Waals surface area (Å²) < 4.78 is 12.9. The molecule has 24 heavy (non-hydrogen) atoms. The first-order chi connectivity index (χ1) is 11.7. The largest absolute Gasteiger partial charge is 0.493 e. The number of methoxy groups -OCH3 is 1. The number of halogens is 1. The molecule has 2 aromatic heterocycles. The maximum Gasteiger partial charge on any atom is 0.161 e. The molecule has 0 saturated carbocycles. The molecule has 0 unspecified atom stereocenters. The van der Waals surface area contributed by atoms with E-state index in [1.807, 2.05) is 24.3 Å². The molecule has 1 aromatic carbocycles. The van der Waals surface area contributed by atoms with Crippen molar-refractivity contribution in [2.75, 3.05) is 12.5 Å². The number of ether oxygens (including phenoxy) is 2. The van der Waals surface area contributed by atoms with E-state index in [1.54, 1.807) is 36.7 Å². The highest BCUT2D eigenvalue weighted by molar-refractivity contribution is 6.29. The number of nitrogens with zero attached hydrogens (tertiary/aromatic N) is 4. The maximum absolute atomic E-state index is 5.81. The molecule has 0 amide bonds. The van der Waals surface area contributed by atoms with Crippen molar-refractivity contribution in [1.29, 1.82) is 0 Å². The van der Waals surface area contributed by atoms with Gasteiger partial charge < -0.3 is 14.9 Å². The molecule has 2 heterocycles. The van der Waals surface area contributed by atoms with Gasteiger partial charge in [-0.05, 0) is 23.8 Å². The quantitative estimate of drug-likeness (QED) is 0.664. The molecule has 0 bridgehead atoms. The highest BCUT2D eigenvalue weighted by atomic mass is 35.5. The van der Waals surface area contributed by atoms with Crippen molar-refractivity contribution >= 4 is 11.6 Å². The van der Waals surface area contributed by atoms with Gasteiger partial charge in [-0.1, -0.05) is 23.7 Å². The zero-order chi connectivity index (χ0) is 16.8. The van der Waals surface area contributed by atoms with Crippen LogP contribution in [0.5, 0.6) is 11.5 Å². The Hall–Kier alpha value is -2.80. The van der Waals surface area contributed by atoms with Crippen LogP contribution in [0.15, 0.2) is 49.2 Å². The van der Waals surface area contributed by atoms with Crippen molar-refractivity contribution in [2.24, 2.45) is 0 Å². The lowest BCUT2D eigenvalue weighted by molar-refractivity contribution is 0.284. The average molecular weight is 346 g/mol. The summed E-state index contributed by atoms with van der Waals surface area (Å²) in [5.41, 5.74) is 5.12. The first-order valence-corrected chi connectivity index (χ1v) is 7.61. The second-order valence-corrected chi connectivity index (χ2v) is 5.35. The smallest absolute Gasteiger partial charge is 0.161 e. The number of aromatic nitrogens is 4. The molecule has 1 N–H and O–H groups in total. The maximum atomic E-state index is 5.81.